The van der Waals surface area contributed by atoms with E-state index in [-0.39, 0.29) is 25.9 Å². The van der Waals surface area contributed by atoms with Gasteiger partial charge in [-0.05, 0) is 35.7 Å². The summed E-state index contributed by atoms with van der Waals surface area (Å²) < 4.78 is 16.9. The van der Waals surface area contributed by atoms with E-state index in [1.54, 1.807) is 25.1 Å². The highest BCUT2D eigenvalue weighted by Gasteiger charge is 2.20. The quantitative estimate of drug-likeness (QED) is 0.323. The van der Waals surface area contributed by atoms with E-state index >= 15 is 0 Å². The molecule has 3 aromatic rings. The van der Waals surface area contributed by atoms with Crippen LogP contribution in [0.15, 0.2) is 78.9 Å². The minimum absolute atomic E-state index is 0.0733. The van der Waals surface area contributed by atoms with Gasteiger partial charge in [-0.15, -0.1) is 0 Å². The van der Waals surface area contributed by atoms with Gasteiger partial charge in [0.2, 0.25) is 11.8 Å². The van der Waals surface area contributed by atoms with Gasteiger partial charge in [0.25, 0.3) is 0 Å². The van der Waals surface area contributed by atoms with Crippen LogP contribution < -0.4 is 20.5 Å². The monoisotopic (exact) mass is 504 g/mol. The summed E-state index contributed by atoms with van der Waals surface area (Å²) in [6, 6.07) is 23.9. The molecule has 0 aliphatic rings. The fourth-order valence-electron chi connectivity index (χ4n) is 3.56. The summed E-state index contributed by atoms with van der Waals surface area (Å²) in [6.45, 7) is 2.62. The minimum atomic E-state index is -0.951. The summed E-state index contributed by atoms with van der Waals surface area (Å²) >= 11 is 0. The molecule has 8 heteroatoms. The number of amides is 2. The second-order valence-electron chi connectivity index (χ2n) is 8.36. The van der Waals surface area contributed by atoms with Crippen molar-refractivity contribution < 1.29 is 28.6 Å². The highest BCUT2D eigenvalue weighted by molar-refractivity contribution is 5.88. The van der Waals surface area contributed by atoms with Gasteiger partial charge in [0, 0.05) is 12.8 Å². The Labute approximate surface area is 216 Å². The van der Waals surface area contributed by atoms with E-state index in [0.29, 0.717) is 24.7 Å². The van der Waals surface area contributed by atoms with Crippen molar-refractivity contribution >= 4 is 17.8 Å². The van der Waals surface area contributed by atoms with E-state index in [1.807, 2.05) is 60.7 Å². The summed E-state index contributed by atoms with van der Waals surface area (Å²) in [5.41, 5.74) is 8.28. The Morgan fingerprint density at radius 2 is 1.38 bits per heavy atom. The maximum absolute atomic E-state index is 12.3. The second kappa shape index (κ2) is 14.3. The fourth-order valence-corrected chi connectivity index (χ4v) is 3.56. The van der Waals surface area contributed by atoms with Crippen LogP contribution in [0, 0.1) is 0 Å². The van der Waals surface area contributed by atoms with Crippen LogP contribution in [0.25, 0.3) is 0 Å². The van der Waals surface area contributed by atoms with Crippen molar-refractivity contribution in [2.45, 2.75) is 45.4 Å². The van der Waals surface area contributed by atoms with Gasteiger partial charge in [0.05, 0.1) is 13.0 Å². The number of primary amides is 1. The molecule has 0 saturated heterocycles. The average molecular weight is 505 g/mol. The number of ether oxygens (including phenoxy) is 3. The molecule has 0 spiro atoms. The van der Waals surface area contributed by atoms with Crippen molar-refractivity contribution in [1.29, 1.82) is 0 Å². The molecule has 0 heterocycles. The van der Waals surface area contributed by atoms with Gasteiger partial charge in [-0.2, -0.15) is 0 Å². The normalized spacial score (nSPS) is 11.3. The average Bonchev–Trinajstić information content (AvgIpc) is 2.91. The number of hydrogen-bond acceptors (Lipinski definition) is 6. The van der Waals surface area contributed by atoms with E-state index in [0.717, 1.165) is 16.7 Å². The number of nitrogens with one attached hydrogen (secondary N) is 1. The standard InChI is InChI=1S/C29H32N2O6/c1-2-35-28(33)16-15-27(32)31-24(29(30)34)17-23-13-14-25(36-19-21-9-5-3-6-10-21)26(18-23)37-20-22-11-7-4-8-12-22/h3-14,18,24H,2,15-17,19-20H2,1H3,(H2,30,34)(H,31,32)/t24-/m0/s1. The third kappa shape index (κ3) is 9.33. The van der Waals surface area contributed by atoms with Crippen molar-refractivity contribution in [3.63, 3.8) is 0 Å². The number of carbonyl (C=O) groups excluding carboxylic acids is 3. The molecule has 0 aromatic heterocycles. The van der Waals surface area contributed by atoms with Crippen molar-refractivity contribution in [3.05, 3.63) is 95.6 Å². The Kier molecular flexibility index (Phi) is 10.5. The Morgan fingerprint density at radius 3 is 1.95 bits per heavy atom. The van der Waals surface area contributed by atoms with Crippen LogP contribution in [-0.4, -0.2) is 30.4 Å². The zero-order valence-corrected chi connectivity index (χ0v) is 20.9. The molecule has 0 aliphatic carbocycles. The van der Waals surface area contributed by atoms with E-state index in [1.165, 1.54) is 0 Å². The first-order chi connectivity index (χ1) is 17.9. The maximum Gasteiger partial charge on any atom is 0.306 e. The lowest BCUT2D eigenvalue weighted by Gasteiger charge is -2.18. The molecule has 3 N–H and O–H groups in total. The predicted molar refractivity (Wildman–Crippen MR) is 139 cm³/mol. The zero-order chi connectivity index (χ0) is 26.5. The molecule has 2 amide bonds. The maximum atomic E-state index is 12.3. The lowest BCUT2D eigenvalue weighted by atomic mass is 10.0. The van der Waals surface area contributed by atoms with Gasteiger partial charge in [-0.3, -0.25) is 14.4 Å². The highest BCUT2D eigenvalue weighted by atomic mass is 16.5. The summed E-state index contributed by atoms with van der Waals surface area (Å²) in [6.07, 6.45) is -0.0163. The van der Waals surface area contributed by atoms with Crippen LogP contribution in [0.1, 0.15) is 36.5 Å². The molecule has 37 heavy (non-hydrogen) atoms. The lowest BCUT2D eigenvalue weighted by molar-refractivity contribution is -0.144. The van der Waals surface area contributed by atoms with E-state index in [2.05, 4.69) is 5.32 Å². The number of hydrogen-bond donors (Lipinski definition) is 2. The first-order valence-electron chi connectivity index (χ1n) is 12.1. The zero-order valence-electron chi connectivity index (χ0n) is 20.9. The summed E-state index contributed by atoms with van der Waals surface area (Å²) in [5.74, 6) is -0.549. The Bertz CT molecular complexity index is 1170. The van der Waals surface area contributed by atoms with Gasteiger partial charge in [0.15, 0.2) is 11.5 Å². The predicted octanol–water partition coefficient (Wildman–Crippen LogP) is 3.70. The van der Waals surface area contributed by atoms with E-state index < -0.39 is 23.8 Å². The number of rotatable bonds is 14. The fraction of sp³-hybridized carbons (Fsp3) is 0.276. The molecular weight excluding hydrogens is 472 g/mol. The molecule has 0 saturated carbocycles. The molecule has 8 nitrogen and oxygen atoms in total. The molecule has 3 aromatic carbocycles. The van der Waals surface area contributed by atoms with Gasteiger partial charge >= 0.3 is 5.97 Å². The molecule has 0 aliphatic heterocycles. The van der Waals surface area contributed by atoms with Crippen LogP contribution >= 0.6 is 0 Å². The van der Waals surface area contributed by atoms with Gasteiger partial charge in [-0.25, -0.2) is 0 Å². The van der Waals surface area contributed by atoms with Crippen LogP contribution in [0.4, 0.5) is 0 Å². The van der Waals surface area contributed by atoms with Crippen LogP contribution in [0.3, 0.4) is 0 Å². The van der Waals surface area contributed by atoms with Crippen LogP contribution in [0.2, 0.25) is 0 Å². The SMILES string of the molecule is CCOC(=O)CCC(=O)N[C@@H](Cc1ccc(OCc2ccccc2)c(OCc2ccccc2)c1)C(N)=O. The molecule has 0 fully saturated rings. The third-order valence-electron chi connectivity index (χ3n) is 5.46. The third-order valence-corrected chi connectivity index (χ3v) is 5.46. The van der Waals surface area contributed by atoms with E-state index in [9.17, 15) is 14.4 Å². The van der Waals surface area contributed by atoms with Crippen molar-refractivity contribution in [1.82, 2.24) is 5.32 Å². The van der Waals surface area contributed by atoms with Gasteiger partial charge in [-0.1, -0.05) is 66.7 Å². The molecule has 0 radical (unpaired) electrons. The molecule has 194 valence electrons. The van der Waals surface area contributed by atoms with Crippen molar-refractivity contribution in [2.75, 3.05) is 6.61 Å². The molecule has 0 bridgehead atoms. The largest absolute Gasteiger partial charge is 0.485 e. The smallest absolute Gasteiger partial charge is 0.306 e. The number of carbonyl (C=O) groups is 3. The number of benzene rings is 3. The van der Waals surface area contributed by atoms with Gasteiger partial charge in [0.1, 0.15) is 19.3 Å². The molecule has 0 unspecified atom stereocenters. The molecule has 1 atom stereocenters. The van der Waals surface area contributed by atoms with Crippen LogP contribution in [-0.2, 0) is 38.8 Å². The Hall–Kier alpha value is -4.33. The number of nitrogens with two attached hydrogens (primary N) is 1. The topological polar surface area (TPSA) is 117 Å². The Balaban J connectivity index is 1.71. The molecular formula is C29H32N2O6. The van der Waals surface area contributed by atoms with Crippen molar-refractivity contribution in [3.8, 4) is 11.5 Å². The summed E-state index contributed by atoms with van der Waals surface area (Å²) in [7, 11) is 0. The molecule has 3 rings (SSSR count). The minimum Gasteiger partial charge on any atom is -0.485 e. The number of esters is 1. The lowest BCUT2D eigenvalue weighted by Crippen LogP contribution is -2.45. The van der Waals surface area contributed by atoms with Crippen molar-refractivity contribution in [2.24, 2.45) is 5.73 Å². The first kappa shape index (κ1) is 27.3. The summed E-state index contributed by atoms with van der Waals surface area (Å²) in [5, 5.41) is 2.61. The summed E-state index contributed by atoms with van der Waals surface area (Å²) in [4.78, 5) is 35.9. The first-order valence-corrected chi connectivity index (χ1v) is 12.1. The van der Waals surface area contributed by atoms with Gasteiger partial charge < -0.3 is 25.3 Å². The second-order valence-corrected chi connectivity index (χ2v) is 8.36. The van der Waals surface area contributed by atoms with E-state index in [4.69, 9.17) is 19.9 Å². The Morgan fingerprint density at radius 1 is 0.784 bits per heavy atom. The highest BCUT2D eigenvalue weighted by Crippen LogP contribution is 2.30. The van der Waals surface area contributed by atoms with Crippen LogP contribution in [0.5, 0.6) is 11.5 Å².